The highest BCUT2D eigenvalue weighted by Crippen LogP contribution is 2.41. The maximum absolute atomic E-state index is 6.55. The van der Waals surface area contributed by atoms with Gasteiger partial charge in [-0.2, -0.15) is 5.10 Å². The first-order chi connectivity index (χ1) is 15.5. The monoisotopic (exact) mass is 488 g/mol. The molecule has 0 aliphatic heterocycles. The maximum atomic E-state index is 6.55. The fraction of sp³-hybridized carbons (Fsp3) is 0.143. The quantitative estimate of drug-likeness (QED) is 0.333. The van der Waals surface area contributed by atoms with Crippen LogP contribution in [0.25, 0.3) is 33.2 Å². The molecule has 0 saturated carbocycles. The number of methoxy groups -OCH3 is 2. The molecule has 5 aromatic rings. The number of hydrogen-bond donors (Lipinski definition) is 1. The van der Waals surface area contributed by atoms with E-state index in [-0.39, 0.29) is 5.15 Å². The predicted octanol–water partition coefficient (Wildman–Crippen LogP) is 5.40. The summed E-state index contributed by atoms with van der Waals surface area (Å²) in [4.78, 5) is 16.2. The molecule has 0 amide bonds. The molecule has 4 aromatic heterocycles. The zero-order valence-corrected chi connectivity index (χ0v) is 19.1. The largest absolute Gasteiger partial charge is 0.493 e. The van der Waals surface area contributed by atoms with Gasteiger partial charge in [-0.25, -0.2) is 15.0 Å². The Morgan fingerprint density at radius 3 is 2.56 bits per heavy atom. The third-order valence-corrected chi connectivity index (χ3v) is 5.79. The number of fused-ring (bicyclic) bond motifs is 2. The SMILES string of the molecule is COc1cc(Cl)c(-c2cnc(Cl)c3nn(Cc4nc5nc(Cl)ccc5[nH]4)cc23)cc1OC. The number of imidazole rings is 1. The number of hydrogen-bond acceptors (Lipinski definition) is 6. The highest BCUT2D eigenvalue weighted by Gasteiger charge is 2.18. The average molecular weight is 490 g/mol. The van der Waals surface area contributed by atoms with Crippen LogP contribution in [0.1, 0.15) is 5.82 Å². The molecule has 0 spiro atoms. The molecule has 0 atom stereocenters. The summed E-state index contributed by atoms with van der Waals surface area (Å²) < 4.78 is 12.5. The Morgan fingerprint density at radius 1 is 1.00 bits per heavy atom. The predicted molar refractivity (Wildman–Crippen MR) is 124 cm³/mol. The van der Waals surface area contributed by atoms with Gasteiger partial charge in [0.1, 0.15) is 16.5 Å². The van der Waals surface area contributed by atoms with Crippen molar-refractivity contribution in [1.29, 1.82) is 0 Å². The lowest BCUT2D eigenvalue weighted by molar-refractivity contribution is 0.355. The van der Waals surface area contributed by atoms with Crippen molar-refractivity contribution >= 4 is 56.9 Å². The smallest absolute Gasteiger partial charge is 0.179 e. The second-order valence-electron chi connectivity index (χ2n) is 6.93. The molecule has 8 nitrogen and oxygen atoms in total. The average Bonchev–Trinajstić information content (AvgIpc) is 3.38. The summed E-state index contributed by atoms with van der Waals surface area (Å²) in [5.41, 5.74) is 3.37. The van der Waals surface area contributed by atoms with Gasteiger partial charge in [-0.1, -0.05) is 34.8 Å². The van der Waals surface area contributed by atoms with Crippen LogP contribution in [0.5, 0.6) is 11.5 Å². The third-order valence-electron chi connectivity index (χ3n) is 4.99. The van der Waals surface area contributed by atoms with Gasteiger partial charge in [-0.15, -0.1) is 0 Å². The van der Waals surface area contributed by atoms with Crippen molar-refractivity contribution in [3.63, 3.8) is 0 Å². The van der Waals surface area contributed by atoms with E-state index < -0.39 is 0 Å². The van der Waals surface area contributed by atoms with Gasteiger partial charge in [-0.05, 0) is 18.2 Å². The minimum atomic E-state index is 0.289. The Balaban J connectivity index is 1.60. The molecule has 1 aromatic carbocycles. The number of aromatic amines is 1. The normalized spacial score (nSPS) is 11.4. The topological polar surface area (TPSA) is 90.7 Å². The van der Waals surface area contributed by atoms with Crippen molar-refractivity contribution in [1.82, 2.24) is 29.7 Å². The van der Waals surface area contributed by atoms with Gasteiger partial charge in [0.2, 0.25) is 0 Å². The molecule has 11 heteroatoms. The number of rotatable bonds is 5. The van der Waals surface area contributed by atoms with E-state index in [1.807, 2.05) is 12.3 Å². The number of nitrogens with zero attached hydrogens (tertiary/aromatic N) is 5. The molecule has 4 heterocycles. The Bertz CT molecular complexity index is 1480. The van der Waals surface area contributed by atoms with Crippen LogP contribution < -0.4 is 9.47 Å². The number of pyridine rings is 2. The molecule has 162 valence electrons. The zero-order valence-electron chi connectivity index (χ0n) is 16.9. The van der Waals surface area contributed by atoms with Gasteiger partial charge in [0, 0.05) is 35.0 Å². The first-order valence-electron chi connectivity index (χ1n) is 9.41. The number of nitrogens with one attached hydrogen (secondary N) is 1. The van der Waals surface area contributed by atoms with E-state index >= 15 is 0 Å². The van der Waals surface area contributed by atoms with Crippen molar-refractivity contribution < 1.29 is 9.47 Å². The van der Waals surface area contributed by atoms with E-state index in [2.05, 4.69) is 25.0 Å². The number of H-pyrrole nitrogens is 1. The van der Waals surface area contributed by atoms with Gasteiger partial charge in [0.15, 0.2) is 22.3 Å². The zero-order chi connectivity index (χ0) is 22.4. The van der Waals surface area contributed by atoms with Gasteiger partial charge < -0.3 is 14.5 Å². The fourth-order valence-corrected chi connectivity index (χ4v) is 4.11. The van der Waals surface area contributed by atoms with Crippen molar-refractivity contribution in [2.45, 2.75) is 6.54 Å². The Labute approximate surface area is 197 Å². The van der Waals surface area contributed by atoms with Crippen molar-refractivity contribution in [3.05, 3.63) is 57.8 Å². The van der Waals surface area contributed by atoms with Crippen LogP contribution in [0.15, 0.2) is 36.7 Å². The highest BCUT2D eigenvalue weighted by atomic mass is 35.5. The first kappa shape index (κ1) is 20.8. The second kappa shape index (κ2) is 8.12. The second-order valence-corrected chi connectivity index (χ2v) is 8.08. The van der Waals surface area contributed by atoms with Crippen molar-refractivity contribution in [3.8, 4) is 22.6 Å². The third kappa shape index (κ3) is 3.60. The number of benzene rings is 1. The molecular formula is C21H15Cl3N6O2. The summed E-state index contributed by atoms with van der Waals surface area (Å²) >= 11 is 18.9. The van der Waals surface area contributed by atoms with Crippen LogP contribution in [0, 0.1) is 0 Å². The molecule has 5 rings (SSSR count). The molecule has 0 aliphatic carbocycles. The molecule has 0 unspecified atom stereocenters. The van der Waals surface area contributed by atoms with Gasteiger partial charge >= 0.3 is 0 Å². The van der Waals surface area contributed by atoms with E-state index in [9.17, 15) is 0 Å². The van der Waals surface area contributed by atoms with E-state index in [0.29, 0.717) is 45.2 Å². The van der Waals surface area contributed by atoms with Crippen molar-refractivity contribution in [2.75, 3.05) is 14.2 Å². The Kier molecular flexibility index (Phi) is 5.28. The number of halogens is 3. The summed E-state index contributed by atoms with van der Waals surface area (Å²) in [6.07, 6.45) is 3.54. The van der Waals surface area contributed by atoms with Crippen LogP contribution >= 0.6 is 34.8 Å². The Morgan fingerprint density at radius 2 is 1.78 bits per heavy atom. The molecule has 0 saturated heterocycles. The standard InChI is InChI=1S/C21H15Cl3N6O2/c1-31-15-5-10(13(22)6-16(15)32-2)11-7-25-20(24)19-12(11)8-30(29-19)9-18-26-14-3-4-17(23)27-21(14)28-18/h3-8H,9H2,1-2H3,(H,26,27,28). The number of ether oxygens (including phenoxy) is 2. The van der Waals surface area contributed by atoms with E-state index in [1.54, 1.807) is 43.3 Å². The van der Waals surface area contributed by atoms with Crippen LogP contribution in [-0.4, -0.2) is 43.9 Å². The summed E-state index contributed by atoms with van der Waals surface area (Å²) in [5, 5.41) is 6.55. The van der Waals surface area contributed by atoms with Gasteiger partial charge in [-0.3, -0.25) is 4.68 Å². The summed E-state index contributed by atoms with van der Waals surface area (Å²) in [6.45, 7) is 0.373. The minimum Gasteiger partial charge on any atom is -0.493 e. The lowest BCUT2D eigenvalue weighted by Crippen LogP contribution is -2.01. The van der Waals surface area contributed by atoms with Gasteiger partial charge in [0.25, 0.3) is 0 Å². The van der Waals surface area contributed by atoms with Gasteiger partial charge in [0.05, 0.1) is 31.3 Å². The molecule has 0 radical (unpaired) electrons. The first-order valence-corrected chi connectivity index (χ1v) is 10.5. The Hall–Kier alpha value is -3.07. The molecule has 0 aliphatic rings. The molecule has 32 heavy (non-hydrogen) atoms. The molecule has 0 fully saturated rings. The lowest BCUT2D eigenvalue weighted by Gasteiger charge is -2.12. The van der Waals surface area contributed by atoms with Crippen LogP contribution in [0.2, 0.25) is 15.3 Å². The van der Waals surface area contributed by atoms with Crippen LogP contribution in [0.4, 0.5) is 0 Å². The highest BCUT2D eigenvalue weighted by molar-refractivity contribution is 6.35. The summed E-state index contributed by atoms with van der Waals surface area (Å²) in [7, 11) is 3.13. The van der Waals surface area contributed by atoms with Crippen LogP contribution in [-0.2, 0) is 6.54 Å². The van der Waals surface area contributed by atoms with Crippen molar-refractivity contribution in [2.24, 2.45) is 0 Å². The molecule has 0 bridgehead atoms. The van der Waals surface area contributed by atoms with E-state index in [0.717, 1.165) is 22.0 Å². The van der Waals surface area contributed by atoms with E-state index in [1.165, 1.54) is 0 Å². The molecular weight excluding hydrogens is 475 g/mol. The summed E-state index contributed by atoms with van der Waals surface area (Å²) in [5.74, 6) is 1.77. The summed E-state index contributed by atoms with van der Waals surface area (Å²) in [6, 6.07) is 7.04. The van der Waals surface area contributed by atoms with Crippen LogP contribution in [0.3, 0.4) is 0 Å². The minimum absolute atomic E-state index is 0.289. The van der Waals surface area contributed by atoms with E-state index in [4.69, 9.17) is 44.3 Å². The fourth-order valence-electron chi connectivity index (χ4n) is 3.53. The number of aromatic nitrogens is 6. The molecule has 1 N–H and O–H groups in total. The maximum Gasteiger partial charge on any atom is 0.179 e. The lowest BCUT2D eigenvalue weighted by atomic mass is 10.0.